The van der Waals surface area contributed by atoms with Crippen LogP contribution in [0.2, 0.25) is 0 Å². The highest BCUT2D eigenvalue weighted by Gasteiger charge is 2.12. The van der Waals surface area contributed by atoms with Gasteiger partial charge in [-0.1, -0.05) is 17.7 Å². The van der Waals surface area contributed by atoms with Gasteiger partial charge in [-0.3, -0.25) is 9.59 Å². The predicted octanol–water partition coefficient (Wildman–Crippen LogP) is 1.67. The maximum atomic E-state index is 12.1. The molecule has 0 radical (unpaired) electrons. The molecule has 0 aliphatic heterocycles. The average molecular weight is 319 g/mol. The van der Waals surface area contributed by atoms with E-state index in [0.29, 0.717) is 16.6 Å². The molecule has 116 valence electrons. The molecule has 22 heavy (non-hydrogen) atoms. The van der Waals surface area contributed by atoms with Crippen LogP contribution in [0.25, 0.3) is 0 Å². The Morgan fingerprint density at radius 3 is 2.82 bits per heavy atom. The summed E-state index contributed by atoms with van der Waals surface area (Å²) in [6.45, 7) is 1.96. The molecule has 0 aliphatic carbocycles. The van der Waals surface area contributed by atoms with E-state index in [9.17, 15) is 9.59 Å². The largest absolute Gasteiger partial charge is 0.496 e. The lowest BCUT2D eigenvalue weighted by Gasteiger charge is -2.09. The van der Waals surface area contributed by atoms with Crippen molar-refractivity contribution in [3.05, 3.63) is 40.4 Å². The predicted molar refractivity (Wildman–Crippen MR) is 85.1 cm³/mol. The Hall–Kier alpha value is -2.41. The standard InChI is InChI=1S/C15H17N3O3S/c1-9-3-4-12(21-2)10(5-9)6-14(20)18-15-17-11(8-22-15)7-13(16)19/h3-5,8H,6-7H2,1-2H3,(H2,16,19)(H,17,18,20). The first-order valence-electron chi connectivity index (χ1n) is 6.64. The number of hydrogen-bond donors (Lipinski definition) is 2. The Bertz CT molecular complexity index is 697. The second-order valence-corrected chi connectivity index (χ2v) is 5.69. The molecule has 6 nitrogen and oxygen atoms in total. The summed E-state index contributed by atoms with van der Waals surface area (Å²) >= 11 is 1.26. The molecule has 7 heteroatoms. The summed E-state index contributed by atoms with van der Waals surface area (Å²) in [5.74, 6) is 0.0332. The molecule has 1 aromatic carbocycles. The molecule has 0 saturated heterocycles. The van der Waals surface area contributed by atoms with Crippen LogP contribution >= 0.6 is 11.3 Å². The van der Waals surface area contributed by atoms with Crippen molar-refractivity contribution in [2.24, 2.45) is 5.73 Å². The first kappa shape index (κ1) is 16.0. The van der Waals surface area contributed by atoms with E-state index in [0.717, 1.165) is 11.1 Å². The molecule has 2 rings (SSSR count). The molecule has 0 atom stereocenters. The van der Waals surface area contributed by atoms with Gasteiger partial charge in [0.05, 0.1) is 25.6 Å². The normalized spacial score (nSPS) is 10.3. The van der Waals surface area contributed by atoms with E-state index in [2.05, 4.69) is 10.3 Å². The van der Waals surface area contributed by atoms with Gasteiger partial charge in [0.2, 0.25) is 11.8 Å². The van der Waals surface area contributed by atoms with Crippen molar-refractivity contribution in [3.63, 3.8) is 0 Å². The van der Waals surface area contributed by atoms with Crippen LogP contribution in [-0.4, -0.2) is 23.9 Å². The van der Waals surface area contributed by atoms with Gasteiger partial charge in [0.15, 0.2) is 5.13 Å². The minimum atomic E-state index is -0.451. The van der Waals surface area contributed by atoms with Crippen LogP contribution in [0.5, 0.6) is 5.75 Å². The highest BCUT2D eigenvalue weighted by atomic mass is 32.1. The first-order chi connectivity index (χ1) is 10.5. The molecule has 2 amide bonds. The van der Waals surface area contributed by atoms with Crippen LogP contribution in [0.1, 0.15) is 16.8 Å². The number of amides is 2. The second-order valence-electron chi connectivity index (χ2n) is 4.83. The van der Waals surface area contributed by atoms with Gasteiger partial charge in [-0.15, -0.1) is 11.3 Å². The van der Waals surface area contributed by atoms with Crippen LogP contribution in [-0.2, 0) is 22.4 Å². The smallest absolute Gasteiger partial charge is 0.230 e. The number of carbonyl (C=O) groups is 2. The van der Waals surface area contributed by atoms with E-state index in [4.69, 9.17) is 10.5 Å². The summed E-state index contributed by atoms with van der Waals surface area (Å²) in [7, 11) is 1.57. The summed E-state index contributed by atoms with van der Waals surface area (Å²) in [5, 5.41) is 4.87. The monoisotopic (exact) mass is 319 g/mol. The van der Waals surface area contributed by atoms with Crippen molar-refractivity contribution in [1.82, 2.24) is 4.98 Å². The fourth-order valence-corrected chi connectivity index (χ4v) is 2.73. The number of primary amides is 1. The van der Waals surface area contributed by atoms with E-state index >= 15 is 0 Å². The first-order valence-corrected chi connectivity index (χ1v) is 7.52. The Kier molecular flexibility index (Phi) is 5.11. The van der Waals surface area contributed by atoms with Gasteiger partial charge < -0.3 is 15.8 Å². The molecule has 1 aromatic heterocycles. The Morgan fingerprint density at radius 1 is 1.36 bits per heavy atom. The van der Waals surface area contributed by atoms with Gasteiger partial charge in [0, 0.05) is 10.9 Å². The molecular formula is C15H17N3O3S. The van der Waals surface area contributed by atoms with E-state index in [1.165, 1.54) is 11.3 Å². The minimum Gasteiger partial charge on any atom is -0.496 e. The molecule has 0 saturated carbocycles. The van der Waals surface area contributed by atoms with Gasteiger partial charge in [-0.05, 0) is 13.0 Å². The number of benzene rings is 1. The fraction of sp³-hybridized carbons (Fsp3) is 0.267. The number of methoxy groups -OCH3 is 1. The van der Waals surface area contributed by atoms with Crippen molar-refractivity contribution in [2.45, 2.75) is 19.8 Å². The van der Waals surface area contributed by atoms with Crippen molar-refractivity contribution in [1.29, 1.82) is 0 Å². The number of aromatic nitrogens is 1. The van der Waals surface area contributed by atoms with Gasteiger partial charge in [-0.25, -0.2) is 4.98 Å². The van der Waals surface area contributed by atoms with Crippen LogP contribution in [0.15, 0.2) is 23.6 Å². The highest BCUT2D eigenvalue weighted by molar-refractivity contribution is 7.13. The third kappa shape index (κ3) is 4.29. The number of nitrogens with one attached hydrogen (secondary N) is 1. The second kappa shape index (κ2) is 7.04. The molecule has 0 fully saturated rings. The molecule has 0 aliphatic rings. The number of ether oxygens (including phenoxy) is 1. The summed E-state index contributed by atoms with van der Waals surface area (Å²) in [6, 6.07) is 5.68. The van der Waals surface area contributed by atoms with Gasteiger partial charge in [-0.2, -0.15) is 0 Å². The molecule has 1 heterocycles. The Morgan fingerprint density at radius 2 is 2.14 bits per heavy atom. The van der Waals surface area contributed by atoms with E-state index in [1.807, 2.05) is 25.1 Å². The summed E-state index contributed by atoms with van der Waals surface area (Å²) in [6.07, 6.45) is 0.258. The Balaban J connectivity index is 2.02. The van der Waals surface area contributed by atoms with E-state index < -0.39 is 5.91 Å². The zero-order valence-electron chi connectivity index (χ0n) is 12.4. The Labute approximate surface area is 132 Å². The van der Waals surface area contributed by atoms with Crippen LogP contribution in [0.4, 0.5) is 5.13 Å². The van der Waals surface area contributed by atoms with Gasteiger partial charge in [0.25, 0.3) is 0 Å². The van der Waals surface area contributed by atoms with Gasteiger partial charge in [0.1, 0.15) is 5.75 Å². The zero-order chi connectivity index (χ0) is 16.1. The summed E-state index contributed by atoms with van der Waals surface area (Å²) in [5.41, 5.74) is 7.53. The number of rotatable bonds is 6. The number of anilines is 1. The average Bonchev–Trinajstić information content (AvgIpc) is 2.85. The fourth-order valence-electron chi connectivity index (χ4n) is 2.01. The number of hydrogen-bond acceptors (Lipinski definition) is 5. The third-order valence-electron chi connectivity index (χ3n) is 2.94. The highest BCUT2D eigenvalue weighted by Crippen LogP contribution is 2.21. The van der Waals surface area contributed by atoms with Crippen molar-refractivity contribution in [3.8, 4) is 5.75 Å². The molecule has 3 N–H and O–H groups in total. The number of aryl methyl sites for hydroxylation is 1. The van der Waals surface area contributed by atoms with Crippen LogP contribution < -0.4 is 15.8 Å². The lowest BCUT2D eigenvalue weighted by atomic mass is 10.1. The number of nitrogens with zero attached hydrogens (tertiary/aromatic N) is 1. The van der Waals surface area contributed by atoms with Crippen LogP contribution in [0, 0.1) is 6.92 Å². The molecule has 0 bridgehead atoms. The number of thiazole rings is 1. The van der Waals surface area contributed by atoms with Crippen molar-refractivity contribution < 1.29 is 14.3 Å². The van der Waals surface area contributed by atoms with Crippen LogP contribution in [0.3, 0.4) is 0 Å². The summed E-state index contributed by atoms with van der Waals surface area (Å²) in [4.78, 5) is 27.1. The maximum absolute atomic E-state index is 12.1. The third-order valence-corrected chi connectivity index (χ3v) is 3.75. The topological polar surface area (TPSA) is 94.3 Å². The molecule has 2 aromatic rings. The SMILES string of the molecule is COc1ccc(C)cc1CC(=O)Nc1nc(CC(N)=O)cs1. The zero-order valence-corrected chi connectivity index (χ0v) is 13.2. The minimum absolute atomic E-state index is 0.0675. The van der Waals surface area contributed by atoms with E-state index in [-0.39, 0.29) is 18.7 Å². The van der Waals surface area contributed by atoms with Crippen molar-refractivity contribution >= 4 is 28.3 Å². The number of nitrogens with two attached hydrogens (primary N) is 1. The molecular weight excluding hydrogens is 302 g/mol. The maximum Gasteiger partial charge on any atom is 0.230 e. The summed E-state index contributed by atoms with van der Waals surface area (Å²) < 4.78 is 5.25. The van der Waals surface area contributed by atoms with E-state index in [1.54, 1.807) is 12.5 Å². The number of carbonyl (C=O) groups excluding carboxylic acids is 2. The molecule has 0 spiro atoms. The lowest BCUT2D eigenvalue weighted by molar-refractivity contribution is -0.117. The lowest BCUT2D eigenvalue weighted by Crippen LogP contribution is -2.16. The molecule has 0 unspecified atom stereocenters. The quantitative estimate of drug-likeness (QED) is 0.847. The van der Waals surface area contributed by atoms with Crippen molar-refractivity contribution in [2.75, 3.05) is 12.4 Å². The van der Waals surface area contributed by atoms with Gasteiger partial charge >= 0.3 is 0 Å².